The monoisotopic (exact) mass is 741 g/mol. The van der Waals surface area contributed by atoms with Gasteiger partial charge in [0.15, 0.2) is 31.2 Å². The summed E-state index contributed by atoms with van der Waals surface area (Å²) in [7, 11) is 0.899. The molecule has 0 bridgehead atoms. The molecule has 2 aromatic rings. The summed E-state index contributed by atoms with van der Waals surface area (Å²) in [6, 6.07) is 0.864. The molecular formula is C40H60FN3O7Si. The largest absolute Gasteiger partial charge is 0.508 e. The Balaban J connectivity index is 1.76. The maximum atomic E-state index is 16.2. The van der Waals surface area contributed by atoms with Crippen LogP contribution in [0.1, 0.15) is 125 Å². The Bertz CT molecular complexity index is 1690. The smallest absolute Gasteiger partial charge is 0.265 e. The van der Waals surface area contributed by atoms with Crippen molar-refractivity contribution in [3.05, 3.63) is 45.7 Å². The van der Waals surface area contributed by atoms with Crippen LogP contribution in [0, 0.1) is 23.6 Å². The van der Waals surface area contributed by atoms with Gasteiger partial charge in [-0.05, 0) is 81.3 Å². The molecule has 0 saturated carbocycles. The van der Waals surface area contributed by atoms with Gasteiger partial charge < -0.3 is 28.8 Å². The van der Waals surface area contributed by atoms with Crippen LogP contribution in [0.15, 0.2) is 21.9 Å². The number of anilines is 1. The molecule has 5 rings (SSSR count). The van der Waals surface area contributed by atoms with E-state index in [-0.39, 0.29) is 51.8 Å². The van der Waals surface area contributed by atoms with Crippen molar-refractivity contribution in [1.29, 1.82) is 0 Å². The second kappa shape index (κ2) is 15.3. The molecular weight excluding hydrogens is 682 g/mol. The van der Waals surface area contributed by atoms with E-state index in [9.17, 15) is 5.11 Å². The molecule has 10 nitrogen and oxygen atoms in total. The third-order valence-corrected chi connectivity index (χ3v) is 16.0. The summed E-state index contributed by atoms with van der Waals surface area (Å²) >= 11 is 0. The molecule has 0 radical (unpaired) electrons. The number of nitrogens with zero attached hydrogens (tertiary/aromatic N) is 2. The number of aliphatic hydroxyl groups is 1. The molecule has 0 saturated heterocycles. The zero-order valence-corrected chi connectivity index (χ0v) is 34.1. The Morgan fingerprint density at radius 3 is 2.37 bits per heavy atom. The summed E-state index contributed by atoms with van der Waals surface area (Å²) in [5.74, 6) is -2.14. The number of carbonyl (C=O) groups excluding carboxylic acids is 2. The van der Waals surface area contributed by atoms with Gasteiger partial charge in [0.2, 0.25) is 5.78 Å². The van der Waals surface area contributed by atoms with Gasteiger partial charge in [0.25, 0.3) is 5.88 Å². The van der Waals surface area contributed by atoms with Gasteiger partial charge in [0.1, 0.15) is 17.1 Å². The lowest BCUT2D eigenvalue weighted by molar-refractivity contribution is -0.0481. The molecule has 0 aliphatic heterocycles. The number of rotatable bonds is 15. The Kier molecular flexibility index (Phi) is 11.7. The maximum Gasteiger partial charge on any atom is 0.265 e. The van der Waals surface area contributed by atoms with Crippen LogP contribution in [0.5, 0.6) is 11.6 Å². The van der Waals surface area contributed by atoms with E-state index >= 15 is 14.0 Å². The third-order valence-electron chi connectivity index (χ3n) is 11.5. The summed E-state index contributed by atoms with van der Waals surface area (Å²) in [5.41, 5.74) is -0.951. The van der Waals surface area contributed by atoms with Gasteiger partial charge in [-0.25, -0.2) is 4.39 Å². The molecule has 0 amide bonds. The number of unbranched alkanes of at least 4 members (excludes halogenated alkanes) is 2. The number of Topliss-reactive ketones (excluding diaryl/α,β-unsaturated/α-hetero) is 2. The number of aliphatic hydroxyl groups excluding tert-OH is 1. The maximum absolute atomic E-state index is 16.2. The van der Waals surface area contributed by atoms with E-state index in [0.29, 0.717) is 37.1 Å². The van der Waals surface area contributed by atoms with Crippen molar-refractivity contribution in [2.24, 2.45) is 17.8 Å². The molecule has 12 heteroatoms. The van der Waals surface area contributed by atoms with E-state index in [2.05, 4.69) is 45.1 Å². The lowest BCUT2D eigenvalue weighted by atomic mass is 9.58. The molecule has 2 N–H and O–H groups in total. The summed E-state index contributed by atoms with van der Waals surface area (Å²) in [4.78, 5) is 32.3. The number of hydrogen-bond donors (Lipinski definition) is 2. The predicted molar refractivity (Wildman–Crippen MR) is 203 cm³/mol. The first-order chi connectivity index (χ1) is 24.4. The number of hydrogen-bond acceptors (Lipinski definition) is 10. The Morgan fingerprint density at radius 2 is 1.77 bits per heavy atom. The zero-order chi connectivity index (χ0) is 38.3. The number of ketones is 2. The fraction of sp³-hybridized carbons (Fsp3) is 0.675. The molecule has 1 aromatic heterocycles. The molecule has 1 aromatic carbocycles. The van der Waals surface area contributed by atoms with Gasteiger partial charge in [-0.1, -0.05) is 61.3 Å². The number of allylic oxidation sites excluding steroid dienone is 1. The highest BCUT2D eigenvalue weighted by atomic mass is 28.4. The van der Waals surface area contributed by atoms with E-state index in [0.717, 1.165) is 32.1 Å². The lowest BCUT2D eigenvalue weighted by Crippen LogP contribution is -2.65. The van der Waals surface area contributed by atoms with Crippen LogP contribution in [-0.2, 0) is 10.8 Å². The number of aromatic nitrogens is 1. The topological polar surface area (TPSA) is 123 Å². The van der Waals surface area contributed by atoms with Crippen LogP contribution in [0.2, 0.25) is 18.1 Å². The molecule has 1 heterocycles. The fourth-order valence-corrected chi connectivity index (χ4v) is 9.10. The number of halogens is 1. The van der Waals surface area contributed by atoms with Crippen LogP contribution in [0.3, 0.4) is 0 Å². The highest BCUT2D eigenvalue weighted by molar-refractivity contribution is 6.74. The molecule has 288 valence electrons. The van der Waals surface area contributed by atoms with E-state index < -0.39 is 54.9 Å². The lowest BCUT2D eigenvalue weighted by Gasteiger charge is -2.55. The first kappa shape index (κ1) is 40.0. The van der Waals surface area contributed by atoms with Crippen molar-refractivity contribution in [3.8, 4) is 11.6 Å². The fourth-order valence-electron chi connectivity index (χ4n) is 7.65. The molecule has 0 spiro atoms. The van der Waals surface area contributed by atoms with Crippen molar-refractivity contribution < 1.29 is 37.5 Å². The standard InChI is InChI=1S/C40H60FN3O7Si/c1-12-14-18-48-34-28(42-17-16-23(3)4)22-27(41)25-20-24-21-26-32(44(8)9)35-31(38(43-50-35)49-19-15-13-2)37(47)40(26,51-52(10,11)39(5,6)7)36(46)29(24)33(45)30(25)34/h22-24,26,32,42,46H,12-21H2,1-11H3/t24-,26-,32-,40-/m0/s1. The first-order valence-electron chi connectivity index (χ1n) is 19.2. The van der Waals surface area contributed by atoms with Crippen LogP contribution < -0.4 is 14.8 Å². The number of carbonyl (C=O) groups is 2. The molecule has 4 atom stereocenters. The van der Waals surface area contributed by atoms with Gasteiger partial charge >= 0.3 is 0 Å². The number of ether oxygens (including phenoxy) is 2. The van der Waals surface area contributed by atoms with Gasteiger partial charge in [0, 0.05) is 29.7 Å². The Hall–Kier alpha value is -3.22. The van der Waals surface area contributed by atoms with Crippen molar-refractivity contribution >= 4 is 25.6 Å². The summed E-state index contributed by atoms with van der Waals surface area (Å²) in [6.07, 6.45) is 4.51. The van der Waals surface area contributed by atoms with Crippen LogP contribution in [0.4, 0.5) is 10.1 Å². The normalized spacial score (nSPS) is 23.1. The number of nitrogens with one attached hydrogen (secondary N) is 1. The van der Waals surface area contributed by atoms with Crippen LogP contribution >= 0.6 is 0 Å². The Morgan fingerprint density at radius 1 is 1.12 bits per heavy atom. The average molecular weight is 742 g/mol. The van der Waals surface area contributed by atoms with E-state index in [4.69, 9.17) is 18.4 Å². The molecule has 3 aliphatic rings. The zero-order valence-electron chi connectivity index (χ0n) is 33.1. The summed E-state index contributed by atoms with van der Waals surface area (Å²) in [5, 5.41) is 20.0. The first-order valence-corrected chi connectivity index (χ1v) is 22.1. The minimum absolute atomic E-state index is 0.0583. The molecule has 3 aliphatic carbocycles. The summed E-state index contributed by atoms with van der Waals surface area (Å²) in [6.45, 7) is 19.8. The van der Waals surface area contributed by atoms with Crippen molar-refractivity contribution in [2.75, 3.05) is 39.2 Å². The summed E-state index contributed by atoms with van der Waals surface area (Å²) < 4.78 is 41.7. The minimum atomic E-state index is -2.86. The third kappa shape index (κ3) is 6.95. The van der Waals surface area contributed by atoms with Gasteiger partial charge in [-0.2, -0.15) is 0 Å². The van der Waals surface area contributed by atoms with Gasteiger partial charge in [-0.15, -0.1) is 0 Å². The highest BCUT2D eigenvalue weighted by Gasteiger charge is 2.67. The highest BCUT2D eigenvalue weighted by Crippen LogP contribution is 2.60. The van der Waals surface area contributed by atoms with Crippen molar-refractivity contribution in [3.63, 3.8) is 0 Å². The molecule has 52 heavy (non-hydrogen) atoms. The van der Waals surface area contributed by atoms with Crippen molar-refractivity contribution in [1.82, 2.24) is 10.1 Å². The van der Waals surface area contributed by atoms with Gasteiger partial charge in [-0.3, -0.25) is 14.5 Å². The number of benzene rings is 1. The van der Waals surface area contributed by atoms with Gasteiger partial charge in [0.05, 0.1) is 30.5 Å². The predicted octanol–water partition coefficient (Wildman–Crippen LogP) is 9.08. The number of fused-ring (bicyclic) bond motifs is 4. The molecule has 0 unspecified atom stereocenters. The van der Waals surface area contributed by atoms with Crippen LogP contribution in [-0.4, -0.2) is 74.5 Å². The second-order valence-corrected chi connectivity index (χ2v) is 21.7. The minimum Gasteiger partial charge on any atom is -0.508 e. The second-order valence-electron chi connectivity index (χ2n) is 17.0. The van der Waals surface area contributed by atoms with Crippen LogP contribution in [0.25, 0.3) is 0 Å². The van der Waals surface area contributed by atoms with E-state index in [1.807, 2.05) is 45.9 Å². The van der Waals surface area contributed by atoms with E-state index in [1.54, 1.807) is 0 Å². The van der Waals surface area contributed by atoms with Crippen molar-refractivity contribution in [2.45, 2.75) is 123 Å². The Labute approximate surface area is 309 Å². The quantitative estimate of drug-likeness (QED) is 0.135. The average Bonchev–Trinajstić information content (AvgIpc) is 3.46. The molecule has 0 fully saturated rings. The van der Waals surface area contributed by atoms with E-state index in [1.165, 1.54) is 6.07 Å². The SMILES string of the molecule is CCCCOc1noc2c1C(=O)[C@@]1(O[Si](C)(C)C(C)(C)C)C(O)=C3C(=O)c4c(c(F)cc(NCCC(C)C)c4OCCCC)C[C@H]3C[C@H]1[C@@H]2N(C)C.